The Labute approximate surface area is 116 Å². The van der Waals surface area contributed by atoms with Gasteiger partial charge in [-0.05, 0) is 39.7 Å². The summed E-state index contributed by atoms with van der Waals surface area (Å²) in [7, 11) is 2.01. The average molecular weight is 268 g/mol. The predicted molar refractivity (Wildman–Crippen MR) is 75.9 cm³/mol. The van der Waals surface area contributed by atoms with Crippen LogP contribution < -0.4 is 0 Å². The molecule has 4 nitrogen and oxygen atoms in total. The quantitative estimate of drug-likeness (QED) is 0.846. The molecule has 19 heavy (non-hydrogen) atoms. The number of hydrogen-bond acceptors (Lipinski definition) is 3. The Morgan fingerprint density at radius 2 is 1.89 bits per heavy atom. The van der Waals surface area contributed by atoms with Crippen molar-refractivity contribution >= 4 is 5.91 Å². The number of rotatable bonds is 3. The molecule has 0 bridgehead atoms. The molecule has 1 N–H and O–H groups in total. The fourth-order valence-corrected chi connectivity index (χ4v) is 3.63. The molecular formula is C15H28N2O2. The zero-order chi connectivity index (χ0) is 13.8. The number of carbonyl (C=O) groups is 1. The van der Waals surface area contributed by atoms with Crippen LogP contribution in [0.25, 0.3) is 0 Å². The molecule has 1 amide bonds. The molecule has 0 aromatic heterocycles. The molecule has 0 aromatic rings. The van der Waals surface area contributed by atoms with E-state index < -0.39 is 0 Å². The molecule has 1 aliphatic carbocycles. The molecule has 110 valence electrons. The van der Waals surface area contributed by atoms with E-state index in [4.69, 9.17) is 0 Å². The van der Waals surface area contributed by atoms with Gasteiger partial charge in [0.25, 0.3) is 0 Å². The lowest BCUT2D eigenvalue weighted by atomic mass is 9.92. The highest BCUT2D eigenvalue weighted by molar-refractivity contribution is 5.82. The van der Waals surface area contributed by atoms with E-state index in [0.29, 0.717) is 18.5 Å². The summed E-state index contributed by atoms with van der Waals surface area (Å²) in [6.45, 7) is 3.22. The summed E-state index contributed by atoms with van der Waals surface area (Å²) in [5.74, 6) is 0.244. The van der Waals surface area contributed by atoms with Gasteiger partial charge >= 0.3 is 0 Å². The van der Waals surface area contributed by atoms with Crippen molar-refractivity contribution in [1.29, 1.82) is 0 Å². The largest absolute Gasteiger partial charge is 0.396 e. The molecule has 2 atom stereocenters. The maximum absolute atomic E-state index is 12.8. The van der Waals surface area contributed by atoms with Crippen LogP contribution in [-0.2, 0) is 4.79 Å². The Kier molecular flexibility index (Phi) is 5.22. The lowest BCUT2D eigenvalue weighted by molar-refractivity contribution is -0.140. The van der Waals surface area contributed by atoms with E-state index in [1.165, 1.54) is 19.3 Å². The topological polar surface area (TPSA) is 43.8 Å². The average Bonchev–Trinajstić information content (AvgIpc) is 2.52. The number of nitrogens with zero attached hydrogens (tertiary/aromatic N) is 2. The van der Waals surface area contributed by atoms with Crippen LogP contribution in [0.4, 0.5) is 0 Å². The van der Waals surface area contributed by atoms with Gasteiger partial charge in [-0.2, -0.15) is 0 Å². The van der Waals surface area contributed by atoms with Crippen molar-refractivity contribution in [3.8, 4) is 0 Å². The highest BCUT2D eigenvalue weighted by atomic mass is 16.3. The van der Waals surface area contributed by atoms with Crippen molar-refractivity contribution < 1.29 is 9.90 Å². The molecule has 1 saturated carbocycles. The number of carbonyl (C=O) groups excluding carboxylic acids is 1. The molecule has 0 radical (unpaired) electrons. The Morgan fingerprint density at radius 1 is 1.21 bits per heavy atom. The van der Waals surface area contributed by atoms with Gasteiger partial charge < -0.3 is 10.0 Å². The molecule has 0 spiro atoms. The second kappa shape index (κ2) is 6.71. The minimum atomic E-state index is -0.128. The van der Waals surface area contributed by atoms with Gasteiger partial charge in [0.15, 0.2) is 0 Å². The highest BCUT2D eigenvalue weighted by Gasteiger charge is 2.37. The summed E-state index contributed by atoms with van der Waals surface area (Å²) in [5, 5.41) is 9.21. The smallest absolute Gasteiger partial charge is 0.240 e. The molecule has 2 unspecified atom stereocenters. The van der Waals surface area contributed by atoms with Crippen LogP contribution in [0.3, 0.4) is 0 Å². The zero-order valence-electron chi connectivity index (χ0n) is 12.3. The number of amides is 1. The Bertz CT molecular complexity index is 303. The van der Waals surface area contributed by atoms with Crippen molar-refractivity contribution in [2.75, 3.05) is 20.2 Å². The summed E-state index contributed by atoms with van der Waals surface area (Å²) in [4.78, 5) is 17.1. The predicted octanol–water partition coefficient (Wildman–Crippen LogP) is 1.62. The van der Waals surface area contributed by atoms with Crippen LogP contribution in [0.15, 0.2) is 0 Å². The van der Waals surface area contributed by atoms with Gasteiger partial charge in [0.2, 0.25) is 5.91 Å². The maximum atomic E-state index is 12.8. The minimum Gasteiger partial charge on any atom is -0.396 e. The SMILES string of the molecule is CC1CCN(C)C(CCO)C(=O)N1C1CCCCC1. The van der Waals surface area contributed by atoms with E-state index >= 15 is 0 Å². The summed E-state index contributed by atoms with van der Waals surface area (Å²) in [5.41, 5.74) is 0. The minimum absolute atomic E-state index is 0.0909. The van der Waals surface area contributed by atoms with Gasteiger partial charge in [-0.3, -0.25) is 9.69 Å². The van der Waals surface area contributed by atoms with Crippen LogP contribution >= 0.6 is 0 Å². The highest BCUT2D eigenvalue weighted by Crippen LogP contribution is 2.28. The van der Waals surface area contributed by atoms with E-state index in [1.807, 2.05) is 7.05 Å². The van der Waals surface area contributed by atoms with Crippen molar-refractivity contribution in [2.24, 2.45) is 0 Å². The maximum Gasteiger partial charge on any atom is 0.240 e. The summed E-state index contributed by atoms with van der Waals surface area (Å²) >= 11 is 0. The zero-order valence-corrected chi connectivity index (χ0v) is 12.3. The van der Waals surface area contributed by atoms with Crippen LogP contribution in [0, 0.1) is 0 Å². The normalized spacial score (nSPS) is 31.5. The molecule has 1 aliphatic heterocycles. The fraction of sp³-hybridized carbons (Fsp3) is 0.933. The van der Waals surface area contributed by atoms with Gasteiger partial charge in [0.05, 0.1) is 6.04 Å². The molecule has 1 heterocycles. The Morgan fingerprint density at radius 3 is 2.53 bits per heavy atom. The van der Waals surface area contributed by atoms with Gasteiger partial charge in [0, 0.05) is 25.2 Å². The molecule has 4 heteroatoms. The van der Waals surface area contributed by atoms with Gasteiger partial charge in [-0.25, -0.2) is 0 Å². The summed E-state index contributed by atoms with van der Waals surface area (Å²) in [6.07, 6.45) is 7.74. The molecule has 2 rings (SSSR count). The first-order chi connectivity index (χ1) is 9.15. The summed E-state index contributed by atoms with van der Waals surface area (Å²) < 4.78 is 0. The second-order valence-electron chi connectivity index (χ2n) is 6.18. The lowest BCUT2D eigenvalue weighted by Gasteiger charge is -2.39. The first kappa shape index (κ1) is 14.8. The number of aliphatic hydroxyl groups excluding tert-OH is 1. The van der Waals surface area contributed by atoms with Gasteiger partial charge in [-0.15, -0.1) is 0 Å². The first-order valence-corrected chi connectivity index (χ1v) is 7.78. The third-order valence-electron chi connectivity index (χ3n) is 4.82. The van der Waals surface area contributed by atoms with Crippen LogP contribution in [0.2, 0.25) is 0 Å². The monoisotopic (exact) mass is 268 g/mol. The van der Waals surface area contributed by atoms with E-state index in [1.54, 1.807) is 0 Å². The standard InChI is InChI=1S/C15H28N2O2/c1-12-8-10-16(2)14(9-11-18)15(19)17(12)13-6-4-3-5-7-13/h12-14,18H,3-11H2,1-2H3. The van der Waals surface area contributed by atoms with E-state index in [0.717, 1.165) is 25.8 Å². The lowest BCUT2D eigenvalue weighted by Crippen LogP contribution is -2.51. The first-order valence-electron chi connectivity index (χ1n) is 7.78. The molecule has 2 fully saturated rings. The van der Waals surface area contributed by atoms with Crippen LogP contribution in [0.1, 0.15) is 51.9 Å². The van der Waals surface area contributed by atoms with E-state index in [2.05, 4.69) is 16.7 Å². The molecule has 1 saturated heterocycles. The van der Waals surface area contributed by atoms with Crippen LogP contribution in [0.5, 0.6) is 0 Å². The van der Waals surface area contributed by atoms with Crippen LogP contribution in [-0.4, -0.2) is 59.1 Å². The molecular weight excluding hydrogens is 240 g/mol. The number of likely N-dealkylation sites (N-methyl/N-ethyl adjacent to an activating group) is 1. The van der Waals surface area contributed by atoms with Crippen molar-refractivity contribution in [3.05, 3.63) is 0 Å². The van der Waals surface area contributed by atoms with E-state index in [9.17, 15) is 9.90 Å². The van der Waals surface area contributed by atoms with Crippen molar-refractivity contribution in [3.63, 3.8) is 0 Å². The van der Waals surface area contributed by atoms with Gasteiger partial charge in [0.1, 0.15) is 0 Å². The summed E-state index contributed by atoms with van der Waals surface area (Å²) in [6, 6.07) is 0.641. The third kappa shape index (κ3) is 3.29. The third-order valence-corrected chi connectivity index (χ3v) is 4.82. The fourth-order valence-electron chi connectivity index (χ4n) is 3.63. The molecule has 2 aliphatic rings. The van der Waals surface area contributed by atoms with Gasteiger partial charge in [-0.1, -0.05) is 19.3 Å². The van der Waals surface area contributed by atoms with Crippen molar-refractivity contribution in [1.82, 2.24) is 9.80 Å². The number of aliphatic hydroxyl groups is 1. The molecule has 0 aromatic carbocycles. The Balaban J connectivity index is 2.15. The number of hydrogen-bond donors (Lipinski definition) is 1. The Hall–Kier alpha value is -0.610. The second-order valence-corrected chi connectivity index (χ2v) is 6.18. The van der Waals surface area contributed by atoms with E-state index in [-0.39, 0.29) is 18.6 Å². The van der Waals surface area contributed by atoms with Crippen molar-refractivity contribution in [2.45, 2.75) is 70.0 Å².